The fourth-order valence-electron chi connectivity index (χ4n) is 1.46. The Morgan fingerprint density at radius 1 is 1.47 bits per heavy atom. The predicted octanol–water partition coefficient (Wildman–Crippen LogP) is 1.70. The number of esters is 1. The molecule has 0 aliphatic heterocycles. The molecule has 0 aliphatic rings. The third-order valence-corrected chi connectivity index (χ3v) is 3.36. The molecule has 1 unspecified atom stereocenters. The molecule has 0 spiro atoms. The summed E-state index contributed by atoms with van der Waals surface area (Å²) in [6.07, 6.45) is -0.0553. The summed E-state index contributed by atoms with van der Waals surface area (Å²) >= 11 is 1.42. The van der Waals surface area contributed by atoms with Crippen LogP contribution in [0.25, 0.3) is 0 Å². The molecule has 7 heteroatoms. The van der Waals surface area contributed by atoms with E-state index in [1.807, 2.05) is 6.92 Å². The van der Waals surface area contributed by atoms with Gasteiger partial charge in [0.1, 0.15) is 0 Å². The zero-order chi connectivity index (χ0) is 14.3. The SMILES string of the molecule is CCOC(=O)c1nc(NCC(COC)OC)sc1C. The predicted molar refractivity (Wildman–Crippen MR) is 74.0 cm³/mol. The minimum atomic E-state index is -0.385. The molecule has 6 nitrogen and oxygen atoms in total. The maximum absolute atomic E-state index is 11.6. The number of aromatic nitrogens is 1. The number of aryl methyl sites for hydroxylation is 1. The van der Waals surface area contributed by atoms with Crippen LogP contribution >= 0.6 is 11.3 Å². The molecule has 0 aliphatic carbocycles. The van der Waals surface area contributed by atoms with Crippen LogP contribution in [-0.2, 0) is 14.2 Å². The Kier molecular flexibility index (Phi) is 6.75. The van der Waals surface area contributed by atoms with Crippen molar-refractivity contribution >= 4 is 22.4 Å². The molecule has 1 atom stereocenters. The topological polar surface area (TPSA) is 69.7 Å². The van der Waals surface area contributed by atoms with Gasteiger partial charge in [0.25, 0.3) is 0 Å². The summed E-state index contributed by atoms with van der Waals surface area (Å²) in [5, 5.41) is 3.81. The van der Waals surface area contributed by atoms with Crippen molar-refractivity contribution in [3.05, 3.63) is 10.6 Å². The van der Waals surface area contributed by atoms with E-state index in [2.05, 4.69) is 10.3 Å². The quantitative estimate of drug-likeness (QED) is 0.734. The number of hydrogen-bond acceptors (Lipinski definition) is 7. The Morgan fingerprint density at radius 2 is 2.21 bits per heavy atom. The Hall–Kier alpha value is -1.18. The van der Waals surface area contributed by atoms with Gasteiger partial charge in [-0.05, 0) is 13.8 Å². The van der Waals surface area contributed by atoms with Crippen LogP contribution in [0, 0.1) is 6.92 Å². The first-order chi connectivity index (χ1) is 9.12. The second kappa shape index (κ2) is 8.08. The Balaban J connectivity index is 2.60. The Morgan fingerprint density at radius 3 is 2.79 bits per heavy atom. The Labute approximate surface area is 117 Å². The molecule has 1 rings (SSSR count). The molecule has 0 bridgehead atoms. The summed E-state index contributed by atoms with van der Waals surface area (Å²) in [5.74, 6) is -0.385. The fourth-order valence-corrected chi connectivity index (χ4v) is 2.27. The number of nitrogens with one attached hydrogen (secondary N) is 1. The van der Waals surface area contributed by atoms with Crippen molar-refractivity contribution in [2.75, 3.05) is 39.3 Å². The lowest BCUT2D eigenvalue weighted by Crippen LogP contribution is -2.26. The lowest BCUT2D eigenvalue weighted by atomic mass is 10.4. The third-order valence-electron chi connectivity index (χ3n) is 2.43. The zero-order valence-corrected chi connectivity index (χ0v) is 12.5. The van der Waals surface area contributed by atoms with E-state index in [0.29, 0.717) is 30.6 Å². The van der Waals surface area contributed by atoms with Crippen LogP contribution in [0.5, 0.6) is 0 Å². The van der Waals surface area contributed by atoms with Gasteiger partial charge in [-0.3, -0.25) is 0 Å². The Bertz CT molecular complexity index is 408. The van der Waals surface area contributed by atoms with Crippen molar-refractivity contribution in [2.24, 2.45) is 0 Å². The molecule has 0 saturated carbocycles. The van der Waals surface area contributed by atoms with Crippen molar-refractivity contribution < 1.29 is 19.0 Å². The summed E-state index contributed by atoms with van der Waals surface area (Å²) in [6, 6.07) is 0. The molecule has 0 aromatic carbocycles. The van der Waals surface area contributed by atoms with E-state index >= 15 is 0 Å². The highest BCUT2D eigenvalue weighted by atomic mass is 32.1. The summed E-state index contributed by atoms with van der Waals surface area (Å²) in [5.41, 5.74) is 0.370. The summed E-state index contributed by atoms with van der Waals surface area (Å²) in [7, 11) is 3.25. The molecule has 0 saturated heterocycles. The average molecular weight is 288 g/mol. The van der Waals surface area contributed by atoms with Gasteiger partial charge in [-0.15, -0.1) is 11.3 Å². The fraction of sp³-hybridized carbons (Fsp3) is 0.667. The largest absolute Gasteiger partial charge is 0.461 e. The molecule has 19 heavy (non-hydrogen) atoms. The van der Waals surface area contributed by atoms with Crippen LogP contribution in [0.15, 0.2) is 0 Å². The van der Waals surface area contributed by atoms with Crippen LogP contribution in [-0.4, -0.2) is 51.0 Å². The molecule has 1 aromatic heterocycles. The first-order valence-electron chi connectivity index (χ1n) is 6.02. The molecule has 0 fully saturated rings. The number of ether oxygens (including phenoxy) is 3. The van der Waals surface area contributed by atoms with Gasteiger partial charge in [-0.2, -0.15) is 0 Å². The smallest absolute Gasteiger partial charge is 0.358 e. The highest BCUT2D eigenvalue weighted by Crippen LogP contribution is 2.22. The van der Waals surface area contributed by atoms with Crippen LogP contribution in [0.2, 0.25) is 0 Å². The summed E-state index contributed by atoms with van der Waals surface area (Å²) in [4.78, 5) is 16.7. The van der Waals surface area contributed by atoms with E-state index in [-0.39, 0.29) is 12.1 Å². The molecule has 0 radical (unpaired) electrons. The van der Waals surface area contributed by atoms with Gasteiger partial charge in [0.15, 0.2) is 10.8 Å². The molecule has 1 aromatic rings. The van der Waals surface area contributed by atoms with Crippen LogP contribution in [0.1, 0.15) is 22.3 Å². The summed E-state index contributed by atoms with van der Waals surface area (Å²) < 4.78 is 15.2. The first-order valence-corrected chi connectivity index (χ1v) is 6.84. The first kappa shape index (κ1) is 15.9. The van der Waals surface area contributed by atoms with Crippen molar-refractivity contribution in [3.63, 3.8) is 0 Å². The monoisotopic (exact) mass is 288 g/mol. The number of methoxy groups -OCH3 is 2. The lowest BCUT2D eigenvalue weighted by Gasteiger charge is -2.14. The number of rotatable bonds is 8. The number of carbonyl (C=O) groups is 1. The number of anilines is 1. The molecule has 1 N–H and O–H groups in total. The van der Waals surface area contributed by atoms with Gasteiger partial charge < -0.3 is 19.5 Å². The number of thiazole rings is 1. The minimum Gasteiger partial charge on any atom is -0.461 e. The normalized spacial score (nSPS) is 12.2. The van der Waals surface area contributed by atoms with E-state index in [1.54, 1.807) is 21.1 Å². The van der Waals surface area contributed by atoms with Gasteiger partial charge in [0, 0.05) is 25.6 Å². The van der Waals surface area contributed by atoms with E-state index < -0.39 is 0 Å². The molecule has 1 heterocycles. The average Bonchev–Trinajstić information content (AvgIpc) is 2.76. The van der Waals surface area contributed by atoms with Crippen LogP contribution in [0.4, 0.5) is 5.13 Å². The van der Waals surface area contributed by atoms with Crippen molar-refractivity contribution in [1.82, 2.24) is 4.98 Å². The molecule has 108 valence electrons. The maximum atomic E-state index is 11.6. The van der Waals surface area contributed by atoms with Crippen molar-refractivity contribution in [1.29, 1.82) is 0 Å². The lowest BCUT2D eigenvalue weighted by molar-refractivity contribution is 0.0365. The van der Waals surface area contributed by atoms with E-state index in [4.69, 9.17) is 14.2 Å². The van der Waals surface area contributed by atoms with Crippen molar-refractivity contribution in [2.45, 2.75) is 20.0 Å². The second-order valence-corrected chi connectivity index (χ2v) is 5.04. The number of nitrogens with zero attached hydrogens (tertiary/aromatic N) is 1. The maximum Gasteiger partial charge on any atom is 0.358 e. The van der Waals surface area contributed by atoms with Crippen LogP contribution in [0.3, 0.4) is 0 Å². The molecule has 0 amide bonds. The number of hydrogen-bond donors (Lipinski definition) is 1. The van der Waals surface area contributed by atoms with E-state index in [0.717, 1.165) is 4.88 Å². The molecular weight excluding hydrogens is 268 g/mol. The second-order valence-electron chi connectivity index (χ2n) is 3.84. The van der Waals surface area contributed by atoms with Gasteiger partial charge in [-0.25, -0.2) is 9.78 Å². The van der Waals surface area contributed by atoms with Crippen LogP contribution < -0.4 is 5.32 Å². The zero-order valence-electron chi connectivity index (χ0n) is 11.7. The highest BCUT2D eigenvalue weighted by Gasteiger charge is 2.17. The number of carbonyl (C=O) groups excluding carboxylic acids is 1. The third kappa shape index (κ3) is 4.77. The minimum absolute atomic E-state index is 0.0553. The highest BCUT2D eigenvalue weighted by molar-refractivity contribution is 7.15. The van der Waals surface area contributed by atoms with Gasteiger partial charge >= 0.3 is 5.97 Å². The van der Waals surface area contributed by atoms with Gasteiger partial charge in [-0.1, -0.05) is 0 Å². The van der Waals surface area contributed by atoms with E-state index in [9.17, 15) is 4.79 Å². The standard InChI is InChI=1S/C12H20N2O4S/c1-5-18-11(15)10-8(2)19-12(14-10)13-6-9(17-4)7-16-3/h9H,5-7H2,1-4H3,(H,13,14). The van der Waals surface area contributed by atoms with E-state index in [1.165, 1.54) is 11.3 Å². The van der Waals surface area contributed by atoms with Gasteiger partial charge in [0.2, 0.25) is 0 Å². The van der Waals surface area contributed by atoms with Crippen molar-refractivity contribution in [3.8, 4) is 0 Å². The van der Waals surface area contributed by atoms with Gasteiger partial charge in [0.05, 0.1) is 19.3 Å². The molecular formula is C12H20N2O4S. The summed E-state index contributed by atoms with van der Waals surface area (Å²) in [6.45, 7) is 5.03.